The first-order valence-electron chi connectivity index (χ1n) is 13.5. The van der Waals surface area contributed by atoms with Crippen LogP contribution in [-0.2, 0) is 8.85 Å². The van der Waals surface area contributed by atoms with E-state index in [0.29, 0.717) is 5.54 Å². The van der Waals surface area contributed by atoms with Crippen LogP contribution in [-0.4, -0.2) is 54.2 Å². The van der Waals surface area contributed by atoms with E-state index in [0.717, 1.165) is 17.7 Å². The SMILES string of the molecule is CCCCCCCCCCCCCCCC[N+](C)(C)CCC(C)[SiH](OCC)OCC. The highest BCUT2D eigenvalue weighted by molar-refractivity contribution is 6.46. The third-order valence-corrected chi connectivity index (χ3v) is 9.02. The Morgan fingerprint density at radius 3 is 1.40 bits per heavy atom. The molecule has 0 aromatic carbocycles. The normalized spacial score (nSPS) is 13.3. The second kappa shape index (κ2) is 21.0. The molecule has 0 fully saturated rings. The molecular weight excluding hydrogens is 386 g/mol. The third-order valence-electron chi connectivity index (χ3n) is 6.43. The van der Waals surface area contributed by atoms with Crippen molar-refractivity contribution in [3.8, 4) is 0 Å². The maximum atomic E-state index is 5.91. The van der Waals surface area contributed by atoms with Crippen LogP contribution in [0.5, 0.6) is 0 Å². The van der Waals surface area contributed by atoms with E-state index in [9.17, 15) is 0 Å². The Morgan fingerprint density at radius 2 is 1.00 bits per heavy atom. The highest BCUT2D eigenvalue weighted by atomic mass is 28.3. The van der Waals surface area contributed by atoms with Crippen molar-refractivity contribution < 1.29 is 13.3 Å². The average molecular weight is 445 g/mol. The van der Waals surface area contributed by atoms with Gasteiger partial charge in [0, 0.05) is 25.2 Å². The Labute approximate surface area is 192 Å². The summed E-state index contributed by atoms with van der Waals surface area (Å²) in [5.74, 6) is 0. The molecule has 0 saturated heterocycles. The molecule has 0 aromatic rings. The van der Waals surface area contributed by atoms with Crippen molar-refractivity contribution in [2.75, 3.05) is 40.4 Å². The van der Waals surface area contributed by atoms with Crippen molar-refractivity contribution in [3.05, 3.63) is 0 Å². The van der Waals surface area contributed by atoms with Crippen molar-refractivity contribution in [1.82, 2.24) is 0 Å². The Morgan fingerprint density at radius 1 is 0.600 bits per heavy atom. The molecule has 0 amide bonds. The Balaban J connectivity index is 3.59. The van der Waals surface area contributed by atoms with Crippen LogP contribution in [0.2, 0.25) is 5.54 Å². The van der Waals surface area contributed by atoms with E-state index in [4.69, 9.17) is 8.85 Å². The standard InChI is InChI=1S/C26H58NO2Si/c1-7-10-11-12-13-14-15-16-17-18-19-20-21-22-24-27(5,6)25-23-26(4)30(28-8-2)29-9-3/h26,30H,7-25H2,1-6H3/q+1. The molecule has 3 nitrogen and oxygen atoms in total. The van der Waals surface area contributed by atoms with Gasteiger partial charge in [-0.3, -0.25) is 0 Å². The van der Waals surface area contributed by atoms with E-state index in [-0.39, 0.29) is 0 Å². The minimum absolute atomic E-state index is 0.596. The Bertz CT molecular complexity index is 346. The minimum atomic E-state index is -1.49. The quantitative estimate of drug-likeness (QED) is 0.0916. The number of quaternary nitrogens is 1. The Kier molecular flexibility index (Phi) is 21.0. The first-order chi connectivity index (χ1) is 14.5. The molecule has 0 spiro atoms. The summed E-state index contributed by atoms with van der Waals surface area (Å²) in [7, 11) is 3.30. The minimum Gasteiger partial charge on any atom is -0.397 e. The largest absolute Gasteiger partial charge is 0.397 e. The summed E-state index contributed by atoms with van der Waals surface area (Å²) in [5.41, 5.74) is 0.596. The van der Waals surface area contributed by atoms with Crippen molar-refractivity contribution in [1.29, 1.82) is 0 Å². The molecule has 0 aromatic heterocycles. The second-order valence-electron chi connectivity index (χ2n) is 10.0. The van der Waals surface area contributed by atoms with Crippen LogP contribution in [0.1, 0.15) is 124 Å². The molecule has 4 heteroatoms. The molecule has 0 N–H and O–H groups in total. The number of hydrogen-bond acceptors (Lipinski definition) is 2. The van der Waals surface area contributed by atoms with Gasteiger partial charge in [-0.1, -0.05) is 90.9 Å². The van der Waals surface area contributed by atoms with Crippen molar-refractivity contribution in [2.24, 2.45) is 0 Å². The van der Waals surface area contributed by atoms with E-state index in [1.54, 1.807) is 0 Å². The van der Waals surface area contributed by atoms with Crippen LogP contribution in [0.15, 0.2) is 0 Å². The maximum absolute atomic E-state index is 5.91. The van der Waals surface area contributed by atoms with E-state index in [1.165, 1.54) is 109 Å². The van der Waals surface area contributed by atoms with E-state index in [2.05, 4.69) is 41.8 Å². The molecule has 0 heterocycles. The molecule has 0 aliphatic rings. The molecule has 0 aliphatic carbocycles. The van der Waals surface area contributed by atoms with Gasteiger partial charge in [0.1, 0.15) is 0 Å². The molecule has 1 atom stereocenters. The van der Waals surface area contributed by atoms with Crippen LogP contribution in [0, 0.1) is 0 Å². The average Bonchev–Trinajstić information content (AvgIpc) is 2.72. The molecule has 0 rings (SSSR count). The summed E-state index contributed by atoms with van der Waals surface area (Å²) in [6.45, 7) is 12.9. The van der Waals surface area contributed by atoms with Crippen LogP contribution >= 0.6 is 0 Å². The van der Waals surface area contributed by atoms with Gasteiger partial charge in [-0.2, -0.15) is 0 Å². The Hall–Kier alpha value is 0.0969. The lowest BCUT2D eigenvalue weighted by Gasteiger charge is -2.32. The highest BCUT2D eigenvalue weighted by Gasteiger charge is 2.24. The first kappa shape index (κ1) is 30.1. The predicted octanol–water partition coefficient (Wildman–Crippen LogP) is 7.62. The van der Waals surface area contributed by atoms with Crippen LogP contribution in [0.4, 0.5) is 0 Å². The molecule has 30 heavy (non-hydrogen) atoms. The lowest BCUT2D eigenvalue weighted by Crippen LogP contribution is -2.42. The van der Waals surface area contributed by atoms with Gasteiger partial charge >= 0.3 is 9.28 Å². The molecule has 1 unspecified atom stereocenters. The summed E-state index contributed by atoms with van der Waals surface area (Å²) in [6, 6.07) is 0. The second-order valence-corrected chi connectivity index (χ2v) is 12.6. The molecular formula is C26H58NO2Si+. The maximum Gasteiger partial charge on any atom is 0.324 e. The zero-order chi connectivity index (χ0) is 22.5. The third kappa shape index (κ3) is 18.8. The van der Waals surface area contributed by atoms with Gasteiger partial charge < -0.3 is 13.3 Å². The fourth-order valence-electron chi connectivity index (χ4n) is 4.24. The van der Waals surface area contributed by atoms with E-state index < -0.39 is 9.28 Å². The van der Waals surface area contributed by atoms with Gasteiger partial charge in [0.05, 0.1) is 27.2 Å². The van der Waals surface area contributed by atoms with Gasteiger partial charge in [-0.25, -0.2) is 0 Å². The number of unbranched alkanes of at least 4 members (excludes halogenated alkanes) is 13. The number of rotatable bonds is 23. The number of nitrogens with zero attached hydrogens (tertiary/aromatic N) is 1. The van der Waals surface area contributed by atoms with Gasteiger partial charge in [0.15, 0.2) is 0 Å². The summed E-state index contributed by atoms with van der Waals surface area (Å²) >= 11 is 0. The zero-order valence-corrected chi connectivity index (χ0v) is 23.0. The van der Waals surface area contributed by atoms with Crippen molar-refractivity contribution in [3.63, 3.8) is 0 Å². The van der Waals surface area contributed by atoms with Gasteiger partial charge in [0.2, 0.25) is 0 Å². The van der Waals surface area contributed by atoms with Gasteiger partial charge in [-0.15, -0.1) is 0 Å². The fourth-order valence-corrected chi connectivity index (χ4v) is 6.07. The van der Waals surface area contributed by atoms with Crippen LogP contribution < -0.4 is 0 Å². The molecule has 0 aliphatic heterocycles. The van der Waals surface area contributed by atoms with E-state index in [1.807, 2.05) is 0 Å². The van der Waals surface area contributed by atoms with Crippen LogP contribution in [0.3, 0.4) is 0 Å². The summed E-state index contributed by atoms with van der Waals surface area (Å²) in [6.07, 6.45) is 21.3. The number of hydrogen-bond donors (Lipinski definition) is 0. The fraction of sp³-hybridized carbons (Fsp3) is 1.00. The molecule has 182 valence electrons. The molecule has 0 bridgehead atoms. The zero-order valence-electron chi connectivity index (χ0n) is 21.9. The first-order valence-corrected chi connectivity index (χ1v) is 15.1. The lowest BCUT2D eigenvalue weighted by atomic mass is 10.0. The smallest absolute Gasteiger partial charge is 0.324 e. The predicted molar refractivity (Wildman–Crippen MR) is 137 cm³/mol. The summed E-state index contributed by atoms with van der Waals surface area (Å²) in [5, 5.41) is 0. The van der Waals surface area contributed by atoms with Crippen molar-refractivity contribution in [2.45, 2.75) is 130 Å². The van der Waals surface area contributed by atoms with E-state index >= 15 is 0 Å². The summed E-state index contributed by atoms with van der Waals surface area (Å²) in [4.78, 5) is 0. The van der Waals surface area contributed by atoms with Crippen molar-refractivity contribution >= 4 is 9.28 Å². The lowest BCUT2D eigenvalue weighted by molar-refractivity contribution is -0.890. The molecule has 0 radical (unpaired) electrons. The van der Waals surface area contributed by atoms with Crippen LogP contribution in [0.25, 0.3) is 0 Å². The van der Waals surface area contributed by atoms with Gasteiger partial charge in [0.25, 0.3) is 0 Å². The monoisotopic (exact) mass is 444 g/mol. The molecule has 0 saturated carbocycles. The highest BCUT2D eigenvalue weighted by Crippen LogP contribution is 2.19. The summed E-state index contributed by atoms with van der Waals surface area (Å²) < 4.78 is 13.0. The van der Waals surface area contributed by atoms with Gasteiger partial charge in [-0.05, 0) is 26.7 Å². The topological polar surface area (TPSA) is 18.5 Å².